The number of nitrogen functional groups attached to an aromatic ring is 1. The van der Waals surface area contributed by atoms with E-state index >= 15 is 0 Å². The van der Waals surface area contributed by atoms with E-state index in [0.29, 0.717) is 17.2 Å². The molecule has 1 aromatic carbocycles. The lowest BCUT2D eigenvalue weighted by Gasteiger charge is -2.15. The molecule has 0 saturated carbocycles. The maximum atomic E-state index is 5.98. The van der Waals surface area contributed by atoms with Crippen LogP contribution in [0.3, 0.4) is 0 Å². The van der Waals surface area contributed by atoms with Crippen molar-refractivity contribution in [3.63, 3.8) is 0 Å². The van der Waals surface area contributed by atoms with E-state index in [1.165, 1.54) is 0 Å². The van der Waals surface area contributed by atoms with Gasteiger partial charge < -0.3 is 15.2 Å². The maximum absolute atomic E-state index is 5.98. The molecule has 1 heterocycles. The summed E-state index contributed by atoms with van der Waals surface area (Å²) in [4.78, 5) is 4.11. The molecule has 0 radical (unpaired) electrons. The summed E-state index contributed by atoms with van der Waals surface area (Å²) in [5, 5.41) is 0. The molecule has 0 aliphatic heterocycles. The normalized spacial score (nSPS) is 10.2. The molecule has 2 N–H and O–H groups in total. The lowest BCUT2D eigenvalue weighted by atomic mass is 10.0. The standard InChI is InChI=1S/C14H16N2O2/c1-9-6-10(11-8-16-5-4-12(11)15)14(18-3)13(7-9)17-2/h4-8H,1-3H3,(H2,15,16). The number of rotatable bonds is 3. The Morgan fingerprint density at radius 2 is 1.89 bits per heavy atom. The van der Waals surface area contributed by atoms with Crippen molar-refractivity contribution in [3.05, 3.63) is 36.2 Å². The Morgan fingerprint density at radius 1 is 1.11 bits per heavy atom. The quantitative estimate of drug-likeness (QED) is 0.901. The Morgan fingerprint density at radius 3 is 2.50 bits per heavy atom. The first-order chi connectivity index (χ1) is 8.67. The van der Waals surface area contributed by atoms with E-state index in [1.807, 2.05) is 19.1 Å². The second kappa shape index (κ2) is 4.96. The largest absolute Gasteiger partial charge is 0.493 e. The molecule has 18 heavy (non-hydrogen) atoms. The number of methoxy groups -OCH3 is 2. The van der Waals surface area contributed by atoms with Gasteiger partial charge in [-0.15, -0.1) is 0 Å². The Labute approximate surface area is 106 Å². The summed E-state index contributed by atoms with van der Waals surface area (Å²) < 4.78 is 10.8. The van der Waals surface area contributed by atoms with Gasteiger partial charge in [-0.1, -0.05) is 0 Å². The molecule has 94 valence electrons. The Bertz CT molecular complexity index is 568. The van der Waals surface area contributed by atoms with Crippen molar-refractivity contribution >= 4 is 5.69 Å². The molecule has 2 rings (SSSR count). The summed E-state index contributed by atoms with van der Waals surface area (Å²) in [6.45, 7) is 2.00. The SMILES string of the molecule is COc1cc(C)cc(-c2cnccc2N)c1OC. The average molecular weight is 244 g/mol. The summed E-state index contributed by atoms with van der Waals surface area (Å²) in [6.07, 6.45) is 3.39. The minimum Gasteiger partial charge on any atom is -0.493 e. The van der Waals surface area contributed by atoms with E-state index < -0.39 is 0 Å². The Hall–Kier alpha value is -2.23. The lowest BCUT2D eigenvalue weighted by molar-refractivity contribution is 0.356. The summed E-state index contributed by atoms with van der Waals surface area (Å²) in [5.41, 5.74) is 9.45. The second-order valence-electron chi connectivity index (χ2n) is 4.01. The number of aromatic nitrogens is 1. The van der Waals surface area contributed by atoms with Crippen LogP contribution in [0.1, 0.15) is 5.56 Å². The third-order valence-corrected chi connectivity index (χ3v) is 2.77. The van der Waals surface area contributed by atoms with Gasteiger partial charge in [0.15, 0.2) is 11.5 Å². The van der Waals surface area contributed by atoms with Crippen LogP contribution >= 0.6 is 0 Å². The second-order valence-corrected chi connectivity index (χ2v) is 4.01. The summed E-state index contributed by atoms with van der Waals surface area (Å²) in [5.74, 6) is 1.36. The fourth-order valence-corrected chi connectivity index (χ4v) is 1.93. The monoisotopic (exact) mass is 244 g/mol. The van der Waals surface area contributed by atoms with Crippen LogP contribution in [0.4, 0.5) is 5.69 Å². The molecular weight excluding hydrogens is 228 g/mol. The number of pyridine rings is 1. The van der Waals surface area contributed by atoms with E-state index in [-0.39, 0.29) is 0 Å². The topological polar surface area (TPSA) is 57.4 Å². The molecule has 0 fully saturated rings. The van der Waals surface area contributed by atoms with Crippen molar-refractivity contribution < 1.29 is 9.47 Å². The molecular formula is C14H16N2O2. The van der Waals surface area contributed by atoms with Crippen molar-refractivity contribution in [1.29, 1.82) is 0 Å². The Balaban J connectivity index is 2.70. The van der Waals surface area contributed by atoms with Crippen LogP contribution in [0.15, 0.2) is 30.6 Å². The number of hydrogen-bond acceptors (Lipinski definition) is 4. The van der Waals surface area contributed by atoms with Crippen LogP contribution in [-0.4, -0.2) is 19.2 Å². The predicted octanol–water partition coefficient (Wildman–Crippen LogP) is 2.66. The lowest BCUT2D eigenvalue weighted by Crippen LogP contribution is -1.97. The molecule has 4 heteroatoms. The molecule has 4 nitrogen and oxygen atoms in total. The zero-order chi connectivity index (χ0) is 13.1. The molecule has 1 aromatic heterocycles. The van der Waals surface area contributed by atoms with Crippen molar-refractivity contribution in [2.75, 3.05) is 20.0 Å². The molecule has 0 unspecified atom stereocenters. The number of benzene rings is 1. The third-order valence-electron chi connectivity index (χ3n) is 2.77. The van der Waals surface area contributed by atoms with E-state index in [9.17, 15) is 0 Å². The first-order valence-electron chi connectivity index (χ1n) is 5.60. The number of aryl methyl sites for hydroxylation is 1. The zero-order valence-electron chi connectivity index (χ0n) is 10.7. The molecule has 0 bridgehead atoms. The molecule has 0 aliphatic rings. The average Bonchev–Trinajstić information content (AvgIpc) is 2.38. The van der Waals surface area contributed by atoms with Gasteiger partial charge in [0.25, 0.3) is 0 Å². The van der Waals surface area contributed by atoms with Gasteiger partial charge in [0.1, 0.15) is 0 Å². The van der Waals surface area contributed by atoms with Gasteiger partial charge in [0.2, 0.25) is 0 Å². The minimum absolute atomic E-state index is 0.663. The highest BCUT2D eigenvalue weighted by Crippen LogP contribution is 2.40. The summed E-state index contributed by atoms with van der Waals surface area (Å²) >= 11 is 0. The number of hydrogen-bond donors (Lipinski definition) is 1. The van der Waals surface area contributed by atoms with Gasteiger partial charge in [-0.3, -0.25) is 4.98 Å². The summed E-state index contributed by atoms with van der Waals surface area (Å²) in [7, 11) is 3.23. The van der Waals surface area contributed by atoms with Crippen LogP contribution in [0, 0.1) is 6.92 Å². The number of ether oxygens (including phenoxy) is 2. The number of nitrogens with zero attached hydrogens (tertiary/aromatic N) is 1. The van der Waals surface area contributed by atoms with Crippen molar-refractivity contribution in [2.24, 2.45) is 0 Å². The van der Waals surface area contributed by atoms with Crippen LogP contribution in [0.25, 0.3) is 11.1 Å². The van der Waals surface area contributed by atoms with Gasteiger partial charge in [0, 0.05) is 29.2 Å². The van der Waals surface area contributed by atoms with E-state index in [4.69, 9.17) is 15.2 Å². The zero-order valence-corrected chi connectivity index (χ0v) is 10.7. The van der Waals surface area contributed by atoms with Crippen LogP contribution in [-0.2, 0) is 0 Å². The highest BCUT2D eigenvalue weighted by Gasteiger charge is 2.14. The molecule has 0 atom stereocenters. The fraction of sp³-hybridized carbons (Fsp3) is 0.214. The van der Waals surface area contributed by atoms with E-state index in [1.54, 1.807) is 32.7 Å². The molecule has 2 aromatic rings. The van der Waals surface area contributed by atoms with E-state index in [2.05, 4.69) is 4.98 Å². The van der Waals surface area contributed by atoms with Gasteiger partial charge >= 0.3 is 0 Å². The van der Waals surface area contributed by atoms with Crippen molar-refractivity contribution in [3.8, 4) is 22.6 Å². The number of nitrogens with two attached hydrogens (primary N) is 1. The van der Waals surface area contributed by atoms with Crippen LogP contribution < -0.4 is 15.2 Å². The Kier molecular flexibility index (Phi) is 3.37. The molecule has 0 aliphatic carbocycles. The molecule has 0 saturated heterocycles. The van der Waals surface area contributed by atoms with Crippen LogP contribution in [0.5, 0.6) is 11.5 Å². The van der Waals surface area contributed by atoms with Gasteiger partial charge in [-0.2, -0.15) is 0 Å². The minimum atomic E-state index is 0.663. The predicted molar refractivity (Wildman–Crippen MR) is 71.9 cm³/mol. The first kappa shape index (κ1) is 12.2. The first-order valence-corrected chi connectivity index (χ1v) is 5.60. The van der Waals surface area contributed by atoms with Crippen molar-refractivity contribution in [2.45, 2.75) is 6.92 Å². The highest BCUT2D eigenvalue weighted by molar-refractivity contribution is 5.82. The van der Waals surface area contributed by atoms with Gasteiger partial charge in [0.05, 0.1) is 14.2 Å². The third kappa shape index (κ3) is 2.09. The van der Waals surface area contributed by atoms with Crippen molar-refractivity contribution in [1.82, 2.24) is 4.98 Å². The summed E-state index contributed by atoms with van der Waals surface area (Å²) in [6, 6.07) is 5.70. The van der Waals surface area contributed by atoms with Crippen LogP contribution in [0.2, 0.25) is 0 Å². The molecule has 0 spiro atoms. The number of anilines is 1. The molecule has 0 amide bonds. The van der Waals surface area contributed by atoms with Gasteiger partial charge in [-0.25, -0.2) is 0 Å². The maximum Gasteiger partial charge on any atom is 0.168 e. The van der Waals surface area contributed by atoms with Gasteiger partial charge in [-0.05, 0) is 30.7 Å². The van der Waals surface area contributed by atoms with E-state index in [0.717, 1.165) is 16.7 Å². The highest BCUT2D eigenvalue weighted by atomic mass is 16.5. The fourth-order valence-electron chi connectivity index (χ4n) is 1.93. The smallest absolute Gasteiger partial charge is 0.168 e.